The summed E-state index contributed by atoms with van der Waals surface area (Å²) < 4.78 is 5.37. The van der Waals surface area contributed by atoms with E-state index in [2.05, 4.69) is 12.1 Å². The quantitative estimate of drug-likeness (QED) is 0.895. The lowest BCUT2D eigenvalue weighted by molar-refractivity contribution is 0.0853. The molecular weight excluding hydrogens is 234 g/mol. The summed E-state index contributed by atoms with van der Waals surface area (Å²) in [4.78, 5) is 0. The van der Waals surface area contributed by atoms with Gasteiger partial charge in [0.1, 0.15) is 0 Å². The molecule has 0 unspecified atom stereocenters. The molecule has 0 saturated carbocycles. The van der Waals surface area contributed by atoms with Crippen LogP contribution in [0.3, 0.4) is 0 Å². The van der Waals surface area contributed by atoms with Crippen LogP contribution in [-0.2, 0) is 4.74 Å². The molecule has 17 heavy (non-hydrogen) atoms. The zero-order valence-electron chi connectivity index (χ0n) is 9.86. The Balaban J connectivity index is 2.15. The second-order valence-electron chi connectivity index (χ2n) is 4.31. The van der Waals surface area contributed by atoms with Crippen LogP contribution >= 0.6 is 11.6 Å². The maximum absolute atomic E-state index is 6.34. The summed E-state index contributed by atoms with van der Waals surface area (Å²) in [7, 11) is 0. The summed E-state index contributed by atoms with van der Waals surface area (Å²) in [6, 6.07) is 6.25. The number of ether oxygens (including phenoxy) is 1. The number of hydrogen-bond donors (Lipinski definition) is 1. The molecular formula is C14H18ClNO. The Hall–Kier alpha value is -0.830. The molecule has 0 radical (unpaired) electrons. The van der Waals surface area contributed by atoms with Gasteiger partial charge in [-0.3, -0.25) is 0 Å². The van der Waals surface area contributed by atoms with E-state index >= 15 is 0 Å². The summed E-state index contributed by atoms with van der Waals surface area (Å²) in [5.41, 5.74) is 7.79. The van der Waals surface area contributed by atoms with Crippen LogP contribution in [0.15, 0.2) is 24.3 Å². The van der Waals surface area contributed by atoms with E-state index < -0.39 is 0 Å². The van der Waals surface area contributed by atoms with Crippen molar-refractivity contribution in [2.45, 2.75) is 18.8 Å². The average molecular weight is 252 g/mol. The van der Waals surface area contributed by atoms with Crippen molar-refractivity contribution in [2.24, 2.45) is 5.73 Å². The molecule has 1 fully saturated rings. The average Bonchev–Trinajstić information content (AvgIpc) is 2.37. The number of rotatable bonds is 3. The van der Waals surface area contributed by atoms with Crippen molar-refractivity contribution in [3.63, 3.8) is 0 Å². The highest BCUT2D eigenvalue weighted by molar-refractivity contribution is 6.31. The normalized spacial score (nSPS) is 17.8. The van der Waals surface area contributed by atoms with Gasteiger partial charge in [-0.15, -0.1) is 0 Å². The van der Waals surface area contributed by atoms with Gasteiger partial charge in [-0.25, -0.2) is 0 Å². The summed E-state index contributed by atoms with van der Waals surface area (Å²) in [6.07, 6.45) is 6.06. The van der Waals surface area contributed by atoms with Gasteiger partial charge < -0.3 is 10.5 Å². The second kappa shape index (κ2) is 6.20. The molecule has 1 heterocycles. The molecule has 1 saturated heterocycles. The maximum atomic E-state index is 6.34. The van der Waals surface area contributed by atoms with Crippen molar-refractivity contribution in [1.29, 1.82) is 0 Å². The van der Waals surface area contributed by atoms with Crippen molar-refractivity contribution >= 4 is 17.7 Å². The Morgan fingerprint density at radius 3 is 2.76 bits per heavy atom. The number of benzene rings is 1. The Kier molecular flexibility index (Phi) is 4.60. The van der Waals surface area contributed by atoms with E-state index in [1.807, 2.05) is 18.2 Å². The Bertz CT molecular complexity index is 397. The molecule has 2 nitrogen and oxygen atoms in total. The highest BCUT2D eigenvalue weighted by Crippen LogP contribution is 2.32. The van der Waals surface area contributed by atoms with Gasteiger partial charge in [0.2, 0.25) is 0 Å². The number of hydrogen-bond acceptors (Lipinski definition) is 2. The van der Waals surface area contributed by atoms with Crippen molar-refractivity contribution < 1.29 is 4.74 Å². The minimum absolute atomic E-state index is 0.545. The molecule has 1 aliphatic rings. The fourth-order valence-electron chi connectivity index (χ4n) is 2.19. The highest BCUT2D eigenvalue weighted by Gasteiger charge is 2.18. The first kappa shape index (κ1) is 12.6. The van der Waals surface area contributed by atoms with Crippen LogP contribution in [0.4, 0.5) is 0 Å². The largest absolute Gasteiger partial charge is 0.381 e. The molecule has 0 atom stereocenters. The predicted octanol–water partition coefficient (Wildman–Crippen LogP) is 3.21. The van der Waals surface area contributed by atoms with E-state index in [1.54, 1.807) is 0 Å². The zero-order valence-corrected chi connectivity index (χ0v) is 10.6. The standard InChI is InChI=1S/C14H18ClNO/c15-14-10-11(2-1-7-16)3-4-13(14)12-5-8-17-9-6-12/h1-4,10,12H,5-9,16H2/b2-1+. The molecule has 0 aromatic heterocycles. The van der Waals surface area contributed by atoms with Crippen molar-refractivity contribution in [1.82, 2.24) is 0 Å². The zero-order chi connectivity index (χ0) is 12.1. The van der Waals surface area contributed by atoms with Gasteiger partial charge in [-0.05, 0) is 36.0 Å². The Labute approximate surface area is 107 Å². The fourth-order valence-corrected chi connectivity index (χ4v) is 2.53. The molecule has 0 amide bonds. The van der Waals surface area contributed by atoms with Crippen LogP contribution in [0, 0.1) is 0 Å². The summed E-state index contributed by atoms with van der Waals surface area (Å²) in [5, 5.41) is 0.857. The maximum Gasteiger partial charge on any atom is 0.0471 e. The first-order valence-corrected chi connectivity index (χ1v) is 6.43. The molecule has 2 rings (SSSR count). The van der Waals surface area contributed by atoms with Gasteiger partial charge in [-0.2, -0.15) is 0 Å². The minimum Gasteiger partial charge on any atom is -0.381 e. The minimum atomic E-state index is 0.545. The van der Waals surface area contributed by atoms with E-state index in [-0.39, 0.29) is 0 Å². The lowest BCUT2D eigenvalue weighted by atomic mass is 9.91. The third kappa shape index (κ3) is 3.32. The van der Waals surface area contributed by atoms with Gasteiger partial charge in [0.05, 0.1) is 0 Å². The van der Waals surface area contributed by atoms with E-state index in [1.165, 1.54) is 5.56 Å². The molecule has 92 valence electrons. The van der Waals surface area contributed by atoms with Gasteiger partial charge in [0.15, 0.2) is 0 Å². The Morgan fingerprint density at radius 2 is 2.12 bits per heavy atom. The second-order valence-corrected chi connectivity index (χ2v) is 4.71. The number of halogens is 1. The van der Waals surface area contributed by atoms with Gasteiger partial charge in [-0.1, -0.05) is 35.9 Å². The summed E-state index contributed by atoms with van der Waals surface area (Å²) in [6.45, 7) is 2.24. The summed E-state index contributed by atoms with van der Waals surface area (Å²) in [5.74, 6) is 0.545. The monoisotopic (exact) mass is 251 g/mol. The van der Waals surface area contributed by atoms with Crippen LogP contribution in [-0.4, -0.2) is 19.8 Å². The van der Waals surface area contributed by atoms with Crippen molar-refractivity contribution in [3.8, 4) is 0 Å². The topological polar surface area (TPSA) is 35.2 Å². The predicted molar refractivity (Wildman–Crippen MR) is 72.3 cm³/mol. The van der Waals surface area contributed by atoms with E-state index in [0.717, 1.165) is 36.6 Å². The van der Waals surface area contributed by atoms with Gasteiger partial charge in [0, 0.05) is 24.8 Å². The third-order valence-electron chi connectivity index (χ3n) is 3.13. The van der Waals surface area contributed by atoms with Gasteiger partial charge in [0.25, 0.3) is 0 Å². The highest BCUT2D eigenvalue weighted by atomic mass is 35.5. The van der Waals surface area contributed by atoms with Crippen molar-refractivity contribution in [3.05, 3.63) is 40.4 Å². The summed E-state index contributed by atoms with van der Waals surface area (Å²) >= 11 is 6.34. The molecule has 1 aliphatic heterocycles. The lowest BCUT2D eigenvalue weighted by Crippen LogP contribution is -2.14. The third-order valence-corrected chi connectivity index (χ3v) is 3.46. The van der Waals surface area contributed by atoms with Crippen LogP contribution in [0.25, 0.3) is 6.08 Å². The van der Waals surface area contributed by atoms with Crippen LogP contribution in [0.1, 0.15) is 29.9 Å². The van der Waals surface area contributed by atoms with E-state index in [9.17, 15) is 0 Å². The number of nitrogens with two attached hydrogens (primary N) is 1. The smallest absolute Gasteiger partial charge is 0.0471 e. The van der Waals surface area contributed by atoms with Crippen LogP contribution in [0.2, 0.25) is 5.02 Å². The molecule has 3 heteroatoms. The molecule has 1 aromatic carbocycles. The van der Waals surface area contributed by atoms with E-state index in [0.29, 0.717) is 12.5 Å². The van der Waals surface area contributed by atoms with Gasteiger partial charge >= 0.3 is 0 Å². The van der Waals surface area contributed by atoms with Crippen molar-refractivity contribution in [2.75, 3.05) is 19.8 Å². The molecule has 0 aliphatic carbocycles. The van der Waals surface area contributed by atoms with Crippen LogP contribution < -0.4 is 5.73 Å². The Morgan fingerprint density at radius 1 is 1.35 bits per heavy atom. The first-order chi connectivity index (χ1) is 8.31. The lowest BCUT2D eigenvalue weighted by Gasteiger charge is -2.23. The molecule has 0 spiro atoms. The first-order valence-electron chi connectivity index (χ1n) is 6.05. The SMILES string of the molecule is NC/C=C/c1ccc(C2CCOCC2)c(Cl)c1. The molecule has 0 bridgehead atoms. The van der Waals surface area contributed by atoms with E-state index in [4.69, 9.17) is 22.1 Å². The molecule has 1 aromatic rings. The molecule has 2 N–H and O–H groups in total. The fraction of sp³-hybridized carbons (Fsp3) is 0.429. The van der Waals surface area contributed by atoms with Crippen LogP contribution in [0.5, 0.6) is 0 Å².